The lowest BCUT2D eigenvalue weighted by Crippen LogP contribution is -2.27. The fourth-order valence-electron chi connectivity index (χ4n) is 1.72. The minimum Gasteiger partial charge on any atom is -0.383 e. The highest BCUT2D eigenvalue weighted by Crippen LogP contribution is 2.17. The Hall–Kier alpha value is -2.07. The maximum atomic E-state index is 12.1. The van der Waals surface area contributed by atoms with Crippen molar-refractivity contribution in [1.29, 1.82) is 0 Å². The van der Waals surface area contributed by atoms with Gasteiger partial charge in [0.05, 0.1) is 11.6 Å². The minimum atomic E-state index is -0.243. The van der Waals surface area contributed by atoms with Crippen LogP contribution < -0.4 is 11.1 Å². The van der Waals surface area contributed by atoms with Crippen LogP contribution in [0, 0.1) is 0 Å². The van der Waals surface area contributed by atoms with Crippen molar-refractivity contribution in [3.63, 3.8) is 0 Å². The first-order valence-electron chi connectivity index (χ1n) is 5.84. The Bertz CT molecular complexity index is 583. The van der Waals surface area contributed by atoms with Crippen LogP contribution in [0.25, 0.3) is 0 Å². The van der Waals surface area contributed by atoms with Crippen LogP contribution in [0.1, 0.15) is 28.9 Å². The third-order valence-corrected chi connectivity index (χ3v) is 3.05. The van der Waals surface area contributed by atoms with Crippen molar-refractivity contribution in [2.45, 2.75) is 13.0 Å². The summed E-state index contributed by atoms with van der Waals surface area (Å²) in [6, 6.07) is 10.5. The molecule has 2 rings (SSSR count). The lowest BCUT2D eigenvalue weighted by Gasteiger charge is -2.15. The summed E-state index contributed by atoms with van der Waals surface area (Å²) >= 11 is 5.83. The molecule has 98 valence electrons. The van der Waals surface area contributed by atoms with Gasteiger partial charge < -0.3 is 11.1 Å². The molecule has 1 atom stereocenters. The molecule has 0 spiro atoms. The third-order valence-electron chi connectivity index (χ3n) is 2.80. The molecule has 1 unspecified atom stereocenters. The Balaban J connectivity index is 2.11. The number of amides is 1. The predicted octanol–water partition coefficient (Wildman–Crippen LogP) is 2.81. The Morgan fingerprint density at radius 2 is 2.00 bits per heavy atom. The first kappa shape index (κ1) is 13.4. The van der Waals surface area contributed by atoms with Crippen molar-refractivity contribution in [2.24, 2.45) is 0 Å². The minimum absolute atomic E-state index is 0.135. The van der Waals surface area contributed by atoms with Crippen molar-refractivity contribution in [3.05, 3.63) is 58.7 Å². The van der Waals surface area contributed by atoms with Crippen LogP contribution in [0.5, 0.6) is 0 Å². The number of anilines is 1. The summed E-state index contributed by atoms with van der Waals surface area (Å²) in [4.78, 5) is 16.0. The molecule has 1 aromatic heterocycles. The van der Waals surface area contributed by atoms with E-state index >= 15 is 0 Å². The quantitative estimate of drug-likeness (QED) is 0.905. The van der Waals surface area contributed by atoms with Gasteiger partial charge in [0, 0.05) is 11.2 Å². The van der Waals surface area contributed by atoms with E-state index in [9.17, 15) is 4.79 Å². The maximum Gasteiger partial charge on any atom is 0.255 e. The number of carbonyl (C=O) groups is 1. The molecular formula is C14H14ClN3O. The average molecular weight is 276 g/mol. The zero-order chi connectivity index (χ0) is 13.8. The number of nitrogens with two attached hydrogens (primary N) is 1. The zero-order valence-corrected chi connectivity index (χ0v) is 11.2. The van der Waals surface area contributed by atoms with Crippen molar-refractivity contribution in [1.82, 2.24) is 10.3 Å². The maximum absolute atomic E-state index is 12.1. The lowest BCUT2D eigenvalue weighted by molar-refractivity contribution is 0.0940. The molecule has 0 saturated carbocycles. The van der Waals surface area contributed by atoms with E-state index in [1.165, 1.54) is 0 Å². The van der Waals surface area contributed by atoms with Crippen molar-refractivity contribution in [2.75, 3.05) is 5.73 Å². The fraction of sp³-hybridized carbons (Fsp3) is 0.143. The van der Waals surface area contributed by atoms with E-state index in [0.717, 1.165) is 5.56 Å². The SMILES string of the molecule is CC(NC(=O)c1cccnc1N)c1ccc(Cl)cc1. The highest BCUT2D eigenvalue weighted by Gasteiger charge is 2.13. The van der Waals surface area contributed by atoms with E-state index in [1.807, 2.05) is 19.1 Å². The highest BCUT2D eigenvalue weighted by molar-refractivity contribution is 6.30. The second kappa shape index (κ2) is 5.71. The van der Waals surface area contributed by atoms with Gasteiger partial charge in [0.1, 0.15) is 5.82 Å². The van der Waals surface area contributed by atoms with Gasteiger partial charge >= 0.3 is 0 Å². The summed E-state index contributed by atoms with van der Waals surface area (Å²) in [5.74, 6) is -0.0173. The summed E-state index contributed by atoms with van der Waals surface area (Å²) in [7, 11) is 0. The summed E-state index contributed by atoms with van der Waals surface area (Å²) in [5, 5.41) is 3.54. The van der Waals surface area contributed by atoms with Gasteiger partial charge in [0.15, 0.2) is 0 Å². The molecule has 1 aromatic carbocycles. The average Bonchev–Trinajstić information content (AvgIpc) is 2.39. The van der Waals surface area contributed by atoms with Gasteiger partial charge in [-0.1, -0.05) is 23.7 Å². The summed E-state index contributed by atoms with van der Waals surface area (Å²) < 4.78 is 0. The zero-order valence-electron chi connectivity index (χ0n) is 10.4. The Kier molecular flexibility index (Phi) is 4.02. The van der Waals surface area contributed by atoms with Gasteiger partial charge in [-0.2, -0.15) is 0 Å². The molecule has 0 fully saturated rings. The first-order chi connectivity index (χ1) is 9.08. The van der Waals surface area contributed by atoms with E-state index in [-0.39, 0.29) is 17.8 Å². The molecule has 3 N–H and O–H groups in total. The van der Waals surface area contributed by atoms with E-state index < -0.39 is 0 Å². The van der Waals surface area contributed by atoms with E-state index in [2.05, 4.69) is 10.3 Å². The lowest BCUT2D eigenvalue weighted by atomic mass is 10.1. The van der Waals surface area contributed by atoms with Gasteiger partial charge in [0.25, 0.3) is 5.91 Å². The largest absolute Gasteiger partial charge is 0.383 e. The van der Waals surface area contributed by atoms with Gasteiger partial charge in [-0.3, -0.25) is 4.79 Å². The molecule has 0 aliphatic carbocycles. The first-order valence-corrected chi connectivity index (χ1v) is 6.22. The highest BCUT2D eigenvalue weighted by atomic mass is 35.5. The van der Waals surface area contributed by atoms with Crippen molar-refractivity contribution < 1.29 is 4.79 Å². The van der Waals surface area contributed by atoms with Crippen LogP contribution >= 0.6 is 11.6 Å². The Morgan fingerprint density at radius 1 is 1.32 bits per heavy atom. The number of nitrogens with one attached hydrogen (secondary N) is 1. The molecular weight excluding hydrogens is 262 g/mol. The third kappa shape index (κ3) is 3.23. The van der Waals surface area contributed by atoms with Gasteiger partial charge in [-0.05, 0) is 36.8 Å². The van der Waals surface area contributed by atoms with Crippen LogP contribution in [-0.4, -0.2) is 10.9 Å². The van der Waals surface area contributed by atoms with E-state index in [4.69, 9.17) is 17.3 Å². The molecule has 1 heterocycles. The van der Waals surface area contributed by atoms with Gasteiger partial charge in [0.2, 0.25) is 0 Å². The summed E-state index contributed by atoms with van der Waals surface area (Å²) in [6.07, 6.45) is 1.55. The monoisotopic (exact) mass is 275 g/mol. The molecule has 0 radical (unpaired) electrons. The topological polar surface area (TPSA) is 68.0 Å². The van der Waals surface area contributed by atoms with Crippen LogP contribution in [0.2, 0.25) is 5.02 Å². The number of benzene rings is 1. The number of nitrogen functional groups attached to an aromatic ring is 1. The Morgan fingerprint density at radius 3 is 2.63 bits per heavy atom. The smallest absolute Gasteiger partial charge is 0.255 e. The van der Waals surface area contributed by atoms with Crippen molar-refractivity contribution in [3.8, 4) is 0 Å². The number of hydrogen-bond donors (Lipinski definition) is 2. The molecule has 2 aromatic rings. The molecule has 4 nitrogen and oxygen atoms in total. The van der Waals surface area contributed by atoms with E-state index in [0.29, 0.717) is 10.6 Å². The number of carbonyl (C=O) groups excluding carboxylic acids is 1. The van der Waals surface area contributed by atoms with Gasteiger partial charge in [-0.25, -0.2) is 4.98 Å². The molecule has 1 amide bonds. The number of hydrogen-bond acceptors (Lipinski definition) is 3. The molecule has 19 heavy (non-hydrogen) atoms. The Labute approximate surface area is 116 Å². The van der Waals surface area contributed by atoms with E-state index in [1.54, 1.807) is 30.5 Å². The molecule has 0 aliphatic rings. The molecule has 0 saturated heterocycles. The number of halogens is 1. The fourth-order valence-corrected chi connectivity index (χ4v) is 1.84. The summed E-state index contributed by atoms with van der Waals surface area (Å²) in [5.41, 5.74) is 7.02. The standard InChI is InChI=1S/C14H14ClN3O/c1-9(10-4-6-11(15)7-5-10)18-14(19)12-3-2-8-17-13(12)16/h2-9H,1H3,(H2,16,17)(H,18,19). The predicted molar refractivity (Wildman–Crippen MR) is 76.0 cm³/mol. The molecule has 0 bridgehead atoms. The number of pyridine rings is 1. The number of rotatable bonds is 3. The van der Waals surface area contributed by atoms with Crippen LogP contribution in [0.3, 0.4) is 0 Å². The summed E-state index contributed by atoms with van der Waals surface area (Å²) in [6.45, 7) is 1.90. The van der Waals surface area contributed by atoms with Crippen molar-refractivity contribution >= 4 is 23.3 Å². The van der Waals surface area contributed by atoms with Crippen LogP contribution in [-0.2, 0) is 0 Å². The second-order valence-electron chi connectivity index (χ2n) is 4.18. The molecule has 5 heteroatoms. The van der Waals surface area contributed by atoms with Crippen LogP contribution in [0.15, 0.2) is 42.6 Å². The van der Waals surface area contributed by atoms with Crippen LogP contribution in [0.4, 0.5) is 5.82 Å². The second-order valence-corrected chi connectivity index (χ2v) is 4.62. The van der Waals surface area contributed by atoms with Gasteiger partial charge in [-0.15, -0.1) is 0 Å². The molecule has 0 aliphatic heterocycles. The normalized spacial score (nSPS) is 11.9. The number of aromatic nitrogens is 1. The number of nitrogens with zero attached hydrogens (tertiary/aromatic N) is 1.